The first-order valence-electron chi connectivity index (χ1n) is 2.78. The van der Waals surface area contributed by atoms with E-state index in [9.17, 15) is 5.21 Å². The zero-order chi connectivity index (χ0) is 8.20. The summed E-state index contributed by atoms with van der Waals surface area (Å²) in [6.45, 7) is 5.36. The molecule has 0 atom stereocenters. The fourth-order valence-electron chi connectivity index (χ4n) is 0.294. The fraction of sp³-hybridized carbons (Fsp3) is 1.00. The molecule has 0 rings (SSSR count). The molecule has 0 fully saturated rings. The van der Waals surface area contributed by atoms with Gasteiger partial charge < -0.3 is 0 Å². The van der Waals surface area contributed by atoms with E-state index in [0.29, 0.717) is 0 Å². The van der Waals surface area contributed by atoms with Crippen LogP contribution < -0.4 is 21.6 Å². The number of alkyl halides is 1. The Balaban J connectivity index is 3.47. The number of nitrogens with zero attached hydrogens (tertiary/aromatic N) is 1. The SMILES string of the molecule is C[I-]ON([O-])OC(C)(C)C. The quantitative estimate of drug-likeness (QED) is 0.337. The summed E-state index contributed by atoms with van der Waals surface area (Å²) in [4.78, 5) is 6.59. The van der Waals surface area contributed by atoms with Gasteiger partial charge >= 0.3 is 71.5 Å². The molecule has 0 aliphatic carbocycles. The molecule has 0 saturated heterocycles. The monoisotopic (exact) mass is 261 g/mol. The van der Waals surface area contributed by atoms with Crippen LogP contribution in [0.5, 0.6) is 0 Å². The first kappa shape index (κ1) is 10.6. The second-order valence-corrected chi connectivity index (χ2v) is 3.93. The Kier molecular flexibility index (Phi) is 4.70. The Morgan fingerprint density at radius 1 is 1.40 bits per heavy atom. The standard InChI is InChI=1S/C5H12INO3/c1-5(2,3)9-7(8)10-6-4/h1-4H3/q-2. The molecule has 0 spiro atoms. The van der Waals surface area contributed by atoms with Gasteiger partial charge in [-0.3, -0.25) is 0 Å². The van der Waals surface area contributed by atoms with Gasteiger partial charge in [-0.2, -0.15) is 0 Å². The van der Waals surface area contributed by atoms with E-state index in [1.807, 2.05) is 4.93 Å². The molecule has 0 aromatic carbocycles. The molecule has 64 valence electrons. The molecule has 0 radical (unpaired) electrons. The van der Waals surface area contributed by atoms with Gasteiger partial charge in [0.2, 0.25) is 0 Å². The summed E-state index contributed by atoms with van der Waals surface area (Å²) in [5, 5.41) is 10.7. The maximum absolute atomic E-state index is 10.6. The van der Waals surface area contributed by atoms with Gasteiger partial charge in [-0.25, -0.2) is 0 Å². The molecule has 0 aliphatic heterocycles. The molecule has 5 heteroatoms. The molecule has 0 saturated carbocycles. The zero-order valence-electron chi connectivity index (χ0n) is 6.55. The van der Waals surface area contributed by atoms with Gasteiger partial charge in [-0.15, -0.1) is 0 Å². The maximum atomic E-state index is 10.6. The molecule has 0 aliphatic rings. The van der Waals surface area contributed by atoms with Crippen molar-refractivity contribution in [1.29, 1.82) is 0 Å². The van der Waals surface area contributed by atoms with Gasteiger partial charge in [-0.1, -0.05) is 0 Å². The minimum absolute atomic E-state index is 0.188. The molecule has 0 heterocycles. The molecule has 0 aromatic rings. The minimum atomic E-state index is -0.499. The second-order valence-electron chi connectivity index (χ2n) is 2.65. The van der Waals surface area contributed by atoms with Gasteiger partial charge in [0.05, 0.1) is 0 Å². The van der Waals surface area contributed by atoms with Gasteiger partial charge in [-0.05, 0) is 0 Å². The molecule has 0 unspecified atom stereocenters. The Morgan fingerprint density at radius 2 is 1.90 bits per heavy atom. The summed E-state index contributed by atoms with van der Waals surface area (Å²) in [7, 11) is 0. The van der Waals surface area contributed by atoms with Crippen LogP contribution in [0.15, 0.2) is 0 Å². The predicted molar refractivity (Wildman–Crippen MR) is 33.1 cm³/mol. The average molecular weight is 261 g/mol. The van der Waals surface area contributed by atoms with E-state index in [0.717, 1.165) is 0 Å². The Hall–Kier alpha value is 0.570. The summed E-state index contributed by atoms with van der Waals surface area (Å²) >= 11 is -0.499. The molecule has 10 heavy (non-hydrogen) atoms. The van der Waals surface area contributed by atoms with Crippen molar-refractivity contribution >= 4 is 0 Å². The van der Waals surface area contributed by atoms with E-state index in [1.165, 1.54) is 0 Å². The zero-order valence-corrected chi connectivity index (χ0v) is 8.71. The Morgan fingerprint density at radius 3 is 2.20 bits per heavy atom. The summed E-state index contributed by atoms with van der Waals surface area (Å²) in [6, 6.07) is 0. The normalized spacial score (nSPS) is 13.0. The van der Waals surface area contributed by atoms with Gasteiger partial charge in [0.1, 0.15) is 0 Å². The van der Waals surface area contributed by atoms with Gasteiger partial charge in [0.25, 0.3) is 0 Å². The molecule has 0 aromatic heterocycles. The molecule has 0 bridgehead atoms. The van der Waals surface area contributed by atoms with Crippen LogP contribution in [0, 0.1) is 5.21 Å². The van der Waals surface area contributed by atoms with Crippen molar-refractivity contribution in [3.05, 3.63) is 5.21 Å². The van der Waals surface area contributed by atoms with Gasteiger partial charge in [0, 0.05) is 0 Å². The summed E-state index contributed by atoms with van der Waals surface area (Å²) < 4.78 is 4.58. The van der Waals surface area contributed by atoms with Crippen LogP contribution in [0.25, 0.3) is 0 Å². The van der Waals surface area contributed by atoms with Crippen molar-refractivity contribution in [3.8, 4) is 0 Å². The van der Waals surface area contributed by atoms with Crippen LogP contribution >= 0.6 is 0 Å². The van der Waals surface area contributed by atoms with Crippen LogP contribution in [0.4, 0.5) is 0 Å². The van der Waals surface area contributed by atoms with Crippen LogP contribution in [0.1, 0.15) is 20.8 Å². The third kappa shape index (κ3) is 6.69. The van der Waals surface area contributed by atoms with Crippen molar-refractivity contribution in [3.63, 3.8) is 0 Å². The van der Waals surface area contributed by atoms with E-state index >= 15 is 0 Å². The number of rotatable bonds is 3. The summed E-state index contributed by atoms with van der Waals surface area (Å²) in [5.41, 5.74) is -0.472. The van der Waals surface area contributed by atoms with Gasteiger partial charge in [0.15, 0.2) is 0 Å². The van der Waals surface area contributed by atoms with Crippen LogP contribution in [-0.2, 0) is 8.00 Å². The predicted octanol–water partition coefficient (Wildman–Crippen LogP) is -1.92. The van der Waals surface area contributed by atoms with E-state index < -0.39 is 27.2 Å². The van der Waals surface area contributed by atoms with Crippen LogP contribution in [0.3, 0.4) is 0 Å². The molecule has 4 nitrogen and oxygen atoms in total. The van der Waals surface area contributed by atoms with Crippen molar-refractivity contribution < 1.29 is 29.6 Å². The number of hydrogen-bond donors (Lipinski definition) is 0. The number of halogens is 1. The van der Waals surface area contributed by atoms with Crippen molar-refractivity contribution in [2.24, 2.45) is 0 Å². The van der Waals surface area contributed by atoms with Crippen molar-refractivity contribution in [2.75, 3.05) is 4.93 Å². The number of hydrogen-bond acceptors (Lipinski definition) is 4. The van der Waals surface area contributed by atoms with E-state index in [1.54, 1.807) is 20.8 Å². The fourth-order valence-corrected chi connectivity index (χ4v) is 0.696. The van der Waals surface area contributed by atoms with E-state index in [-0.39, 0.29) is 5.39 Å². The van der Waals surface area contributed by atoms with Crippen molar-refractivity contribution in [1.82, 2.24) is 5.39 Å². The third-order valence-corrected chi connectivity index (χ3v) is 1.19. The topological polar surface area (TPSA) is 44.8 Å². The Bertz CT molecular complexity index is 93.4. The summed E-state index contributed by atoms with van der Waals surface area (Å²) in [5.74, 6) is 0. The second kappa shape index (κ2) is 4.45. The Labute approximate surface area is 71.8 Å². The first-order valence-corrected chi connectivity index (χ1v) is 5.82. The van der Waals surface area contributed by atoms with Crippen molar-refractivity contribution in [2.45, 2.75) is 26.4 Å². The summed E-state index contributed by atoms with van der Waals surface area (Å²) in [6.07, 6.45) is 0. The average Bonchev–Trinajstić information content (AvgIpc) is 1.59. The molecular weight excluding hydrogens is 249 g/mol. The molecule has 0 N–H and O–H groups in total. The first-order chi connectivity index (χ1) is 4.45. The van der Waals surface area contributed by atoms with E-state index in [2.05, 4.69) is 3.17 Å². The van der Waals surface area contributed by atoms with Crippen LogP contribution in [-0.4, -0.2) is 15.9 Å². The van der Waals surface area contributed by atoms with Crippen LogP contribution in [0.2, 0.25) is 0 Å². The van der Waals surface area contributed by atoms with E-state index in [4.69, 9.17) is 4.84 Å². The molecular formula is C5H12INO3-2. The third-order valence-electron chi connectivity index (χ3n) is 0.474. The molecule has 0 amide bonds.